The Kier molecular flexibility index (Phi) is 7.63. The molecule has 2 aromatic carbocycles. The molecule has 0 radical (unpaired) electrons. The zero-order chi connectivity index (χ0) is 26.7. The fourth-order valence-corrected chi connectivity index (χ4v) is 5.30. The number of allylic oxidation sites excluding steroid dienone is 2. The third-order valence-corrected chi connectivity index (χ3v) is 7.11. The Morgan fingerprint density at radius 2 is 1.49 bits per heavy atom. The lowest BCUT2D eigenvalue weighted by Crippen LogP contribution is -2.32. The summed E-state index contributed by atoms with van der Waals surface area (Å²) >= 11 is 1.50. The van der Waals surface area contributed by atoms with Crippen molar-refractivity contribution in [2.75, 3.05) is 28.4 Å². The van der Waals surface area contributed by atoms with Gasteiger partial charge in [0.1, 0.15) is 5.01 Å². The van der Waals surface area contributed by atoms with Crippen molar-refractivity contribution in [1.29, 1.82) is 0 Å². The topological polar surface area (TPSA) is 96.0 Å². The van der Waals surface area contributed by atoms with Gasteiger partial charge in [0, 0.05) is 27.9 Å². The van der Waals surface area contributed by atoms with E-state index in [0.29, 0.717) is 34.0 Å². The van der Waals surface area contributed by atoms with Crippen molar-refractivity contribution in [3.63, 3.8) is 0 Å². The summed E-state index contributed by atoms with van der Waals surface area (Å²) in [6, 6.07) is 13.3. The number of rotatable bonds is 7. The lowest BCUT2D eigenvalue weighted by molar-refractivity contribution is -0.137. The number of methoxy groups -OCH3 is 4. The van der Waals surface area contributed by atoms with E-state index in [-0.39, 0.29) is 0 Å². The SMILES string of the molecule is COC(=O)C1=C(C)NC(C)=C(C(=O)OC)C1c1cccc(-c2nc(-c3ccc(OC)c(OC)c3)cs2)c1. The molecule has 0 bridgehead atoms. The quantitative estimate of drug-likeness (QED) is 0.431. The molecule has 0 fully saturated rings. The number of dihydropyridines is 1. The standard InChI is InChI=1S/C28H28N2O6S/c1-15-23(27(31)35-5)25(24(16(2)29-15)28(32)36-6)18-8-7-9-19(12-18)26-30-20(14-37-26)17-10-11-21(33-3)22(13-17)34-4/h7-14,25,29H,1-6H3. The number of thiazole rings is 1. The summed E-state index contributed by atoms with van der Waals surface area (Å²) in [5.74, 6) is -0.423. The third kappa shape index (κ3) is 4.95. The van der Waals surface area contributed by atoms with Gasteiger partial charge >= 0.3 is 11.9 Å². The van der Waals surface area contributed by atoms with Crippen molar-refractivity contribution in [3.05, 3.63) is 75.9 Å². The number of nitrogens with one attached hydrogen (secondary N) is 1. The molecule has 0 atom stereocenters. The van der Waals surface area contributed by atoms with Gasteiger partial charge in [-0.3, -0.25) is 0 Å². The lowest BCUT2D eigenvalue weighted by atomic mass is 9.80. The summed E-state index contributed by atoms with van der Waals surface area (Å²) in [6.07, 6.45) is 0. The molecule has 1 N–H and O–H groups in total. The highest BCUT2D eigenvalue weighted by Gasteiger charge is 2.37. The molecule has 1 aromatic heterocycles. The summed E-state index contributed by atoms with van der Waals surface area (Å²) in [7, 11) is 5.84. The van der Waals surface area contributed by atoms with Gasteiger partial charge < -0.3 is 24.3 Å². The maximum Gasteiger partial charge on any atom is 0.336 e. The number of nitrogens with zero attached hydrogens (tertiary/aromatic N) is 1. The van der Waals surface area contributed by atoms with Gasteiger partial charge in [0.05, 0.1) is 51.2 Å². The molecule has 9 heteroatoms. The highest BCUT2D eigenvalue weighted by molar-refractivity contribution is 7.13. The molecule has 0 aliphatic carbocycles. The first-order valence-corrected chi connectivity index (χ1v) is 12.3. The number of benzene rings is 2. The van der Waals surface area contributed by atoms with Crippen LogP contribution in [0.4, 0.5) is 0 Å². The Balaban J connectivity index is 1.77. The molecule has 1 aliphatic rings. The van der Waals surface area contributed by atoms with Gasteiger partial charge in [-0.25, -0.2) is 14.6 Å². The molecule has 192 valence electrons. The number of carbonyl (C=O) groups excluding carboxylic acids is 2. The van der Waals surface area contributed by atoms with E-state index in [1.165, 1.54) is 25.6 Å². The minimum Gasteiger partial charge on any atom is -0.493 e. The Morgan fingerprint density at radius 3 is 2.08 bits per heavy atom. The van der Waals surface area contributed by atoms with E-state index < -0.39 is 17.9 Å². The van der Waals surface area contributed by atoms with Crippen LogP contribution < -0.4 is 14.8 Å². The average molecular weight is 521 g/mol. The van der Waals surface area contributed by atoms with E-state index in [4.69, 9.17) is 23.9 Å². The van der Waals surface area contributed by atoms with Crippen molar-refractivity contribution in [2.24, 2.45) is 0 Å². The van der Waals surface area contributed by atoms with Crippen LogP contribution in [-0.2, 0) is 19.1 Å². The number of hydrogen-bond acceptors (Lipinski definition) is 9. The second-order valence-corrected chi connectivity index (χ2v) is 9.21. The van der Waals surface area contributed by atoms with Crippen molar-refractivity contribution in [3.8, 4) is 33.3 Å². The van der Waals surface area contributed by atoms with Crippen LogP contribution in [-0.4, -0.2) is 45.4 Å². The zero-order valence-electron chi connectivity index (χ0n) is 21.5. The van der Waals surface area contributed by atoms with Crippen LogP contribution in [0.15, 0.2) is 70.4 Å². The molecule has 0 saturated heterocycles. The monoisotopic (exact) mass is 520 g/mol. The summed E-state index contributed by atoms with van der Waals surface area (Å²) < 4.78 is 20.9. The minimum absolute atomic E-state index is 0.357. The van der Waals surface area contributed by atoms with Crippen LogP contribution >= 0.6 is 11.3 Å². The second kappa shape index (κ2) is 10.9. The normalized spacial score (nSPS) is 13.8. The van der Waals surface area contributed by atoms with Crippen LogP contribution in [0.3, 0.4) is 0 Å². The van der Waals surface area contributed by atoms with Crippen LogP contribution in [0.1, 0.15) is 25.3 Å². The van der Waals surface area contributed by atoms with Crippen LogP contribution in [0.5, 0.6) is 11.5 Å². The lowest BCUT2D eigenvalue weighted by Gasteiger charge is -2.30. The molecule has 0 amide bonds. The Bertz CT molecular complexity index is 1380. The Labute approximate surface area is 219 Å². The summed E-state index contributed by atoms with van der Waals surface area (Å²) in [5.41, 5.74) is 5.26. The number of hydrogen-bond donors (Lipinski definition) is 1. The van der Waals surface area contributed by atoms with Crippen molar-refractivity contribution < 1.29 is 28.5 Å². The van der Waals surface area contributed by atoms with Crippen LogP contribution in [0.25, 0.3) is 21.8 Å². The Morgan fingerprint density at radius 1 is 0.838 bits per heavy atom. The zero-order valence-corrected chi connectivity index (χ0v) is 22.3. The first-order chi connectivity index (χ1) is 17.8. The van der Waals surface area contributed by atoms with Gasteiger partial charge in [-0.1, -0.05) is 18.2 Å². The van der Waals surface area contributed by atoms with Crippen molar-refractivity contribution in [1.82, 2.24) is 10.3 Å². The number of ether oxygens (including phenoxy) is 4. The molecular formula is C28H28N2O6S. The number of aromatic nitrogens is 1. The second-order valence-electron chi connectivity index (χ2n) is 8.35. The number of esters is 2. The summed E-state index contributed by atoms with van der Waals surface area (Å²) in [6.45, 7) is 3.58. The molecule has 4 rings (SSSR count). The maximum absolute atomic E-state index is 12.8. The van der Waals surface area contributed by atoms with Gasteiger partial charge in [-0.05, 0) is 43.7 Å². The van der Waals surface area contributed by atoms with E-state index in [9.17, 15) is 9.59 Å². The Hall–Kier alpha value is -4.11. The molecule has 1 aliphatic heterocycles. The van der Waals surface area contributed by atoms with Gasteiger partial charge in [-0.2, -0.15) is 0 Å². The maximum atomic E-state index is 12.8. The molecule has 0 spiro atoms. The van der Waals surface area contributed by atoms with E-state index >= 15 is 0 Å². The molecule has 0 saturated carbocycles. The van der Waals surface area contributed by atoms with Gasteiger partial charge in [0.25, 0.3) is 0 Å². The van der Waals surface area contributed by atoms with Gasteiger partial charge in [0.2, 0.25) is 0 Å². The van der Waals surface area contributed by atoms with Crippen molar-refractivity contribution >= 4 is 23.3 Å². The molecule has 2 heterocycles. The molecular weight excluding hydrogens is 492 g/mol. The van der Waals surface area contributed by atoms with Crippen LogP contribution in [0.2, 0.25) is 0 Å². The fraction of sp³-hybridized carbons (Fsp3) is 0.250. The highest BCUT2D eigenvalue weighted by atomic mass is 32.1. The van der Waals surface area contributed by atoms with E-state index in [0.717, 1.165) is 27.4 Å². The highest BCUT2D eigenvalue weighted by Crippen LogP contribution is 2.41. The van der Waals surface area contributed by atoms with E-state index in [1.807, 2.05) is 47.8 Å². The molecule has 8 nitrogen and oxygen atoms in total. The summed E-state index contributed by atoms with van der Waals surface area (Å²) in [4.78, 5) is 30.5. The largest absolute Gasteiger partial charge is 0.493 e. The molecule has 37 heavy (non-hydrogen) atoms. The van der Waals surface area contributed by atoms with Gasteiger partial charge in [0.15, 0.2) is 11.5 Å². The first-order valence-electron chi connectivity index (χ1n) is 11.5. The van der Waals surface area contributed by atoms with E-state index in [1.54, 1.807) is 28.1 Å². The van der Waals surface area contributed by atoms with E-state index in [2.05, 4.69) is 5.32 Å². The average Bonchev–Trinajstić information content (AvgIpc) is 3.42. The first kappa shape index (κ1) is 26.0. The third-order valence-electron chi connectivity index (χ3n) is 6.22. The van der Waals surface area contributed by atoms with Crippen LogP contribution in [0, 0.1) is 0 Å². The predicted molar refractivity (Wildman–Crippen MR) is 141 cm³/mol. The van der Waals surface area contributed by atoms with Crippen molar-refractivity contribution in [2.45, 2.75) is 19.8 Å². The number of carbonyl (C=O) groups is 2. The molecule has 3 aromatic rings. The predicted octanol–water partition coefficient (Wildman–Crippen LogP) is 5.08. The fourth-order valence-electron chi connectivity index (χ4n) is 4.47. The smallest absolute Gasteiger partial charge is 0.336 e. The molecule has 0 unspecified atom stereocenters. The van der Waals surface area contributed by atoms with Gasteiger partial charge in [-0.15, -0.1) is 11.3 Å². The minimum atomic E-state index is -0.661. The summed E-state index contributed by atoms with van der Waals surface area (Å²) in [5, 5.41) is 5.89.